The molecule has 1 aliphatic carbocycles. The van der Waals surface area contributed by atoms with Crippen LogP contribution in [0.1, 0.15) is 44.9 Å². The van der Waals surface area contributed by atoms with Crippen LogP contribution in [0.4, 0.5) is 0 Å². The molecule has 2 rings (SSSR count). The Kier molecular flexibility index (Phi) is 3.82. The standard InChI is InChI=1S/C12H21NO3/c14-11(15)9-13-8-10-4-7-12(16-10)5-2-1-3-6-12/h10,13H,1-9H2,(H,14,15). The van der Waals surface area contributed by atoms with Crippen molar-refractivity contribution in [2.24, 2.45) is 0 Å². The van der Waals surface area contributed by atoms with E-state index in [0.29, 0.717) is 6.54 Å². The predicted octanol–water partition coefficient (Wildman–Crippen LogP) is 1.54. The van der Waals surface area contributed by atoms with Crippen LogP contribution < -0.4 is 5.32 Å². The van der Waals surface area contributed by atoms with E-state index in [-0.39, 0.29) is 18.2 Å². The lowest BCUT2D eigenvalue weighted by atomic mass is 9.83. The van der Waals surface area contributed by atoms with Crippen molar-refractivity contribution in [2.75, 3.05) is 13.1 Å². The summed E-state index contributed by atoms with van der Waals surface area (Å²) in [6.45, 7) is 0.709. The molecular formula is C12H21NO3. The summed E-state index contributed by atoms with van der Waals surface area (Å²) in [5.74, 6) is -0.801. The molecule has 0 amide bonds. The van der Waals surface area contributed by atoms with E-state index in [9.17, 15) is 4.79 Å². The van der Waals surface area contributed by atoms with Crippen molar-refractivity contribution in [3.05, 3.63) is 0 Å². The zero-order valence-electron chi connectivity index (χ0n) is 9.71. The lowest BCUT2D eigenvalue weighted by molar-refractivity contribution is -0.136. The smallest absolute Gasteiger partial charge is 0.317 e. The zero-order valence-corrected chi connectivity index (χ0v) is 9.71. The molecule has 0 radical (unpaired) electrons. The molecule has 16 heavy (non-hydrogen) atoms. The second-order valence-electron chi connectivity index (χ2n) is 5.05. The van der Waals surface area contributed by atoms with Crippen LogP contribution >= 0.6 is 0 Å². The molecule has 92 valence electrons. The minimum atomic E-state index is -0.801. The van der Waals surface area contributed by atoms with E-state index in [0.717, 1.165) is 12.8 Å². The molecule has 4 heteroatoms. The number of hydrogen-bond acceptors (Lipinski definition) is 3. The maximum Gasteiger partial charge on any atom is 0.317 e. The van der Waals surface area contributed by atoms with Gasteiger partial charge in [0.1, 0.15) is 0 Å². The van der Waals surface area contributed by atoms with E-state index >= 15 is 0 Å². The van der Waals surface area contributed by atoms with Crippen molar-refractivity contribution in [3.63, 3.8) is 0 Å². The average Bonchev–Trinajstić information content (AvgIpc) is 2.62. The Morgan fingerprint density at radius 2 is 2.06 bits per heavy atom. The van der Waals surface area contributed by atoms with E-state index in [1.165, 1.54) is 32.1 Å². The summed E-state index contributed by atoms with van der Waals surface area (Å²) < 4.78 is 6.12. The fourth-order valence-corrected chi connectivity index (χ4v) is 2.94. The van der Waals surface area contributed by atoms with Crippen LogP contribution in [-0.2, 0) is 9.53 Å². The van der Waals surface area contributed by atoms with Gasteiger partial charge in [0.2, 0.25) is 0 Å². The molecule has 0 bridgehead atoms. The van der Waals surface area contributed by atoms with Crippen molar-refractivity contribution in [1.82, 2.24) is 5.32 Å². The van der Waals surface area contributed by atoms with Crippen molar-refractivity contribution in [2.45, 2.75) is 56.7 Å². The van der Waals surface area contributed by atoms with Crippen molar-refractivity contribution >= 4 is 5.97 Å². The minimum Gasteiger partial charge on any atom is -0.480 e. The number of aliphatic carboxylic acids is 1. The third kappa shape index (κ3) is 2.95. The van der Waals surface area contributed by atoms with E-state index in [2.05, 4.69) is 5.32 Å². The Morgan fingerprint density at radius 3 is 2.75 bits per heavy atom. The zero-order chi connectivity index (χ0) is 11.4. The third-order valence-electron chi connectivity index (χ3n) is 3.75. The van der Waals surface area contributed by atoms with Crippen molar-refractivity contribution in [3.8, 4) is 0 Å². The Labute approximate surface area is 96.4 Å². The molecule has 2 aliphatic rings. The molecule has 0 aromatic carbocycles. The van der Waals surface area contributed by atoms with Gasteiger partial charge in [-0.25, -0.2) is 0 Å². The molecule has 2 N–H and O–H groups in total. The molecule has 4 nitrogen and oxygen atoms in total. The first kappa shape index (κ1) is 11.9. The Balaban J connectivity index is 1.72. The first-order valence-corrected chi connectivity index (χ1v) is 6.31. The van der Waals surface area contributed by atoms with Crippen molar-refractivity contribution in [1.29, 1.82) is 0 Å². The monoisotopic (exact) mass is 227 g/mol. The number of carboxylic acids is 1. The first-order valence-electron chi connectivity index (χ1n) is 6.31. The molecule has 1 unspecified atom stereocenters. The van der Waals surface area contributed by atoms with Crippen molar-refractivity contribution < 1.29 is 14.6 Å². The third-order valence-corrected chi connectivity index (χ3v) is 3.75. The molecule has 0 aromatic heterocycles. The van der Waals surface area contributed by atoms with Gasteiger partial charge in [0.25, 0.3) is 0 Å². The van der Waals surface area contributed by atoms with Gasteiger partial charge in [0, 0.05) is 6.54 Å². The number of nitrogens with one attached hydrogen (secondary N) is 1. The maximum atomic E-state index is 10.4. The first-order chi connectivity index (χ1) is 7.70. The fraction of sp³-hybridized carbons (Fsp3) is 0.917. The maximum absolute atomic E-state index is 10.4. The van der Waals surface area contributed by atoms with Crippen LogP contribution in [0, 0.1) is 0 Å². The summed E-state index contributed by atoms with van der Waals surface area (Å²) in [7, 11) is 0. The second-order valence-corrected chi connectivity index (χ2v) is 5.05. The van der Waals surface area contributed by atoms with Gasteiger partial charge >= 0.3 is 5.97 Å². The Bertz CT molecular complexity index is 249. The molecule has 1 heterocycles. The summed E-state index contributed by atoms with van der Waals surface area (Å²) in [6.07, 6.45) is 8.76. The van der Waals surface area contributed by atoms with Gasteiger partial charge in [0.15, 0.2) is 0 Å². The highest BCUT2D eigenvalue weighted by Gasteiger charge is 2.40. The quantitative estimate of drug-likeness (QED) is 0.765. The normalized spacial score (nSPS) is 28.4. The topological polar surface area (TPSA) is 58.6 Å². The molecular weight excluding hydrogens is 206 g/mol. The lowest BCUT2D eigenvalue weighted by Crippen LogP contribution is -2.35. The van der Waals surface area contributed by atoms with Gasteiger partial charge in [-0.05, 0) is 25.7 Å². The molecule has 0 aromatic rings. The van der Waals surface area contributed by atoms with Gasteiger partial charge in [-0.3, -0.25) is 4.79 Å². The largest absolute Gasteiger partial charge is 0.480 e. The Hall–Kier alpha value is -0.610. The van der Waals surface area contributed by atoms with Crippen LogP contribution in [-0.4, -0.2) is 35.9 Å². The lowest BCUT2D eigenvalue weighted by Gasteiger charge is -2.33. The van der Waals surface area contributed by atoms with Crippen LogP contribution in [0.5, 0.6) is 0 Å². The summed E-state index contributed by atoms with van der Waals surface area (Å²) in [5, 5.41) is 11.5. The predicted molar refractivity (Wildman–Crippen MR) is 60.4 cm³/mol. The molecule has 2 fully saturated rings. The number of hydrogen-bond donors (Lipinski definition) is 2. The molecule has 1 saturated heterocycles. The number of carboxylic acid groups (broad SMARTS) is 1. The SMILES string of the molecule is O=C(O)CNCC1CCC2(CCCCC2)O1. The fourth-order valence-electron chi connectivity index (χ4n) is 2.94. The highest BCUT2D eigenvalue weighted by atomic mass is 16.5. The summed E-state index contributed by atoms with van der Waals surface area (Å²) >= 11 is 0. The summed E-state index contributed by atoms with van der Waals surface area (Å²) in [6, 6.07) is 0. The van der Waals surface area contributed by atoms with E-state index in [1.807, 2.05) is 0 Å². The minimum absolute atomic E-state index is 0.0346. The van der Waals surface area contributed by atoms with E-state index < -0.39 is 5.97 Å². The average molecular weight is 227 g/mol. The molecule has 1 saturated carbocycles. The number of rotatable bonds is 4. The van der Waals surface area contributed by atoms with Gasteiger partial charge in [-0.1, -0.05) is 19.3 Å². The highest BCUT2D eigenvalue weighted by molar-refractivity contribution is 5.68. The Morgan fingerprint density at radius 1 is 1.31 bits per heavy atom. The van der Waals surface area contributed by atoms with E-state index in [4.69, 9.17) is 9.84 Å². The number of carbonyl (C=O) groups is 1. The van der Waals surface area contributed by atoms with E-state index in [1.54, 1.807) is 0 Å². The van der Waals surface area contributed by atoms with Gasteiger partial charge in [-0.15, -0.1) is 0 Å². The summed E-state index contributed by atoms with van der Waals surface area (Å²) in [5.41, 5.74) is 0.147. The van der Waals surface area contributed by atoms with Crippen LogP contribution in [0.15, 0.2) is 0 Å². The van der Waals surface area contributed by atoms with Gasteiger partial charge < -0.3 is 15.2 Å². The molecule has 1 aliphatic heterocycles. The van der Waals surface area contributed by atoms with Gasteiger partial charge in [-0.2, -0.15) is 0 Å². The molecule has 1 spiro atoms. The highest BCUT2D eigenvalue weighted by Crippen LogP contribution is 2.41. The van der Waals surface area contributed by atoms with Crippen LogP contribution in [0.2, 0.25) is 0 Å². The summed E-state index contributed by atoms with van der Waals surface area (Å²) in [4.78, 5) is 10.4. The van der Waals surface area contributed by atoms with Gasteiger partial charge in [0.05, 0.1) is 18.2 Å². The van der Waals surface area contributed by atoms with Crippen LogP contribution in [0.25, 0.3) is 0 Å². The van der Waals surface area contributed by atoms with Crippen LogP contribution in [0.3, 0.4) is 0 Å². The second kappa shape index (κ2) is 5.15. The number of ether oxygens (including phenoxy) is 1. The molecule has 1 atom stereocenters.